The molecule has 1 saturated heterocycles. The van der Waals surface area contributed by atoms with Crippen LogP contribution in [0, 0.1) is 5.92 Å². The zero-order valence-corrected chi connectivity index (χ0v) is 13.9. The van der Waals surface area contributed by atoms with E-state index in [4.69, 9.17) is 10.5 Å². The van der Waals surface area contributed by atoms with Crippen LogP contribution in [0.3, 0.4) is 0 Å². The molecule has 21 heavy (non-hydrogen) atoms. The largest absolute Gasteiger partial charge is 0.381 e. The third-order valence-electron chi connectivity index (χ3n) is 5.73. The molecule has 2 nitrogen and oxygen atoms in total. The summed E-state index contributed by atoms with van der Waals surface area (Å²) in [6.07, 6.45) is 3.60. The van der Waals surface area contributed by atoms with E-state index < -0.39 is 0 Å². The Kier molecular flexibility index (Phi) is 3.66. The molecule has 1 aromatic rings. The molecule has 0 spiro atoms. The molecule has 0 bridgehead atoms. The Hall–Kier alpha value is -0.860. The summed E-state index contributed by atoms with van der Waals surface area (Å²) in [7, 11) is 0. The fourth-order valence-corrected chi connectivity index (χ4v) is 3.92. The molecular weight excluding hydrogens is 258 g/mol. The Morgan fingerprint density at radius 3 is 2.38 bits per heavy atom. The fourth-order valence-electron chi connectivity index (χ4n) is 3.92. The molecule has 2 N–H and O–H groups in total. The summed E-state index contributed by atoms with van der Waals surface area (Å²) in [5.74, 6) is 0.475. The summed E-state index contributed by atoms with van der Waals surface area (Å²) in [4.78, 5) is 0. The van der Waals surface area contributed by atoms with Crippen LogP contribution in [-0.2, 0) is 15.6 Å². The molecule has 0 saturated carbocycles. The Balaban J connectivity index is 1.99. The van der Waals surface area contributed by atoms with Crippen LogP contribution in [0.25, 0.3) is 0 Å². The molecule has 0 amide bonds. The second-order valence-corrected chi connectivity index (χ2v) is 8.22. The Bertz CT molecular complexity index is 526. The lowest BCUT2D eigenvalue weighted by Crippen LogP contribution is -2.34. The molecule has 0 radical (unpaired) electrons. The van der Waals surface area contributed by atoms with Gasteiger partial charge in [-0.05, 0) is 46.8 Å². The number of rotatable bonds is 2. The zero-order chi connectivity index (χ0) is 15.3. The van der Waals surface area contributed by atoms with Crippen molar-refractivity contribution in [2.45, 2.75) is 63.8 Å². The zero-order valence-electron chi connectivity index (χ0n) is 13.9. The lowest BCUT2D eigenvalue weighted by molar-refractivity contribution is 0.181. The van der Waals surface area contributed by atoms with Crippen LogP contribution in [-0.4, -0.2) is 13.2 Å². The van der Waals surface area contributed by atoms with Gasteiger partial charge in [0.25, 0.3) is 0 Å². The smallest absolute Gasteiger partial charge is 0.0513 e. The van der Waals surface area contributed by atoms with E-state index in [2.05, 4.69) is 45.9 Å². The van der Waals surface area contributed by atoms with Crippen LogP contribution in [0.1, 0.15) is 69.7 Å². The quantitative estimate of drug-likeness (QED) is 0.890. The predicted octanol–water partition coefficient (Wildman–Crippen LogP) is 4.07. The standard InChI is InChI=1S/C19H29NO/c1-18(2)8-9-19(3,4)16-11-13(5-6-15(16)18)17(20)14-7-10-21-12-14/h5-6,11,14,17H,7-10,12,20H2,1-4H3. The number of ether oxygens (including phenoxy) is 1. The topological polar surface area (TPSA) is 35.2 Å². The maximum atomic E-state index is 6.51. The van der Waals surface area contributed by atoms with Crippen molar-refractivity contribution in [2.75, 3.05) is 13.2 Å². The van der Waals surface area contributed by atoms with E-state index in [9.17, 15) is 0 Å². The molecule has 0 aromatic heterocycles. The Labute approximate surface area is 129 Å². The van der Waals surface area contributed by atoms with Gasteiger partial charge in [-0.15, -0.1) is 0 Å². The molecule has 1 fully saturated rings. The molecule has 2 atom stereocenters. The first-order valence-corrected chi connectivity index (χ1v) is 8.29. The van der Waals surface area contributed by atoms with E-state index in [-0.39, 0.29) is 16.9 Å². The van der Waals surface area contributed by atoms with Gasteiger partial charge in [0.1, 0.15) is 0 Å². The van der Waals surface area contributed by atoms with Gasteiger partial charge in [-0.1, -0.05) is 45.9 Å². The molecule has 3 rings (SSSR count). The summed E-state index contributed by atoms with van der Waals surface area (Å²) < 4.78 is 5.51. The first kappa shape index (κ1) is 15.1. The number of hydrogen-bond acceptors (Lipinski definition) is 2. The first-order chi connectivity index (χ1) is 9.81. The molecule has 1 aromatic carbocycles. The van der Waals surface area contributed by atoms with Crippen LogP contribution in [0.2, 0.25) is 0 Å². The van der Waals surface area contributed by atoms with E-state index in [1.807, 2.05) is 0 Å². The predicted molar refractivity (Wildman–Crippen MR) is 87.6 cm³/mol. The third kappa shape index (κ3) is 2.64. The van der Waals surface area contributed by atoms with E-state index in [0.717, 1.165) is 19.6 Å². The minimum absolute atomic E-state index is 0.110. The average molecular weight is 287 g/mol. The summed E-state index contributed by atoms with van der Waals surface area (Å²) >= 11 is 0. The van der Waals surface area contributed by atoms with Crippen molar-refractivity contribution in [1.82, 2.24) is 0 Å². The minimum atomic E-state index is 0.110. The first-order valence-electron chi connectivity index (χ1n) is 8.29. The number of hydrogen-bond donors (Lipinski definition) is 1. The highest BCUT2D eigenvalue weighted by Gasteiger charge is 2.37. The van der Waals surface area contributed by atoms with Gasteiger partial charge in [-0.3, -0.25) is 0 Å². The van der Waals surface area contributed by atoms with Gasteiger partial charge in [-0.25, -0.2) is 0 Å². The number of fused-ring (bicyclic) bond motifs is 1. The highest BCUT2D eigenvalue weighted by molar-refractivity contribution is 5.44. The van der Waals surface area contributed by atoms with Crippen molar-refractivity contribution in [3.63, 3.8) is 0 Å². The van der Waals surface area contributed by atoms with Gasteiger partial charge in [0.05, 0.1) is 6.61 Å². The van der Waals surface area contributed by atoms with Crippen molar-refractivity contribution in [3.05, 3.63) is 34.9 Å². The second kappa shape index (κ2) is 5.10. The van der Waals surface area contributed by atoms with Gasteiger partial charge in [0.15, 0.2) is 0 Å². The summed E-state index contributed by atoms with van der Waals surface area (Å²) in [5.41, 5.74) is 11.4. The van der Waals surface area contributed by atoms with E-state index in [0.29, 0.717) is 5.92 Å². The molecule has 2 aliphatic rings. The molecule has 2 heteroatoms. The monoisotopic (exact) mass is 287 g/mol. The van der Waals surface area contributed by atoms with Gasteiger partial charge in [0.2, 0.25) is 0 Å². The molecule has 116 valence electrons. The van der Waals surface area contributed by atoms with Crippen LogP contribution < -0.4 is 5.73 Å². The van der Waals surface area contributed by atoms with Crippen molar-refractivity contribution in [2.24, 2.45) is 11.7 Å². The number of benzene rings is 1. The van der Waals surface area contributed by atoms with Crippen molar-refractivity contribution < 1.29 is 4.74 Å². The number of nitrogens with two attached hydrogens (primary N) is 1. The maximum Gasteiger partial charge on any atom is 0.0513 e. The van der Waals surface area contributed by atoms with Crippen molar-refractivity contribution in [3.8, 4) is 0 Å². The van der Waals surface area contributed by atoms with Gasteiger partial charge < -0.3 is 10.5 Å². The van der Waals surface area contributed by atoms with Crippen molar-refractivity contribution >= 4 is 0 Å². The summed E-state index contributed by atoms with van der Waals surface area (Å²) in [6, 6.07) is 7.09. The van der Waals surface area contributed by atoms with E-state index in [1.54, 1.807) is 0 Å². The van der Waals surface area contributed by atoms with Gasteiger partial charge in [-0.2, -0.15) is 0 Å². The lowest BCUT2D eigenvalue weighted by Gasteiger charge is -2.42. The van der Waals surface area contributed by atoms with Crippen molar-refractivity contribution in [1.29, 1.82) is 0 Å². The van der Waals surface area contributed by atoms with Crippen LogP contribution in [0.4, 0.5) is 0 Å². The van der Waals surface area contributed by atoms with Gasteiger partial charge >= 0.3 is 0 Å². The summed E-state index contributed by atoms with van der Waals surface area (Å²) in [5, 5.41) is 0. The minimum Gasteiger partial charge on any atom is -0.381 e. The SMILES string of the molecule is CC1(C)CCC(C)(C)c2cc(C(N)C3CCOC3)ccc21. The third-order valence-corrected chi connectivity index (χ3v) is 5.73. The molecule has 1 aliphatic heterocycles. The highest BCUT2D eigenvalue weighted by Crippen LogP contribution is 2.46. The van der Waals surface area contributed by atoms with Crippen LogP contribution >= 0.6 is 0 Å². The highest BCUT2D eigenvalue weighted by atomic mass is 16.5. The normalized spacial score (nSPS) is 28.1. The molecule has 2 unspecified atom stereocenters. The van der Waals surface area contributed by atoms with E-state index in [1.165, 1.54) is 29.5 Å². The second-order valence-electron chi connectivity index (χ2n) is 8.22. The fraction of sp³-hybridized carbons (Fsp3) is 0.684. The lowest BCUT2D eigenvalue weighted by atomic mass is 9.62. The van der Waals surface area contributed by atoms with Crippen LogP contribution in [0.5, 0.6) is 0 Å². The molecular formula is C19H29NO. The summed E-state index contributed by atoms with van der Waals surface area (Å²) in [6.45, 7) is 11.1. The Morgan fingerprint density at radius 1 is 1.10 bits per heavy atom. The molecule has 1 aliphatic carbocycles. The Morgan fingerprint density at radius 2 is 1.76 bits per heavy atom. The average Bonchev–Trinajstić information content (AvgIpc) is 2.97. The van der Waals surface area contributed by atoms with E-state index >= 15 is 0 Å². The van der Waals surface area contributed by atoms with Crippen LogP contribution in [0.15, 0.2) is 18.2 Å². The van der Waals surface area contributed by atoms with Gasteiger partial charge in [0, 0.05) is 18.6 Å². The molecule has 1 heterocycles. The maximum absolute atomic E-state index is 6.51.